The topological polar surface area (TPSA) is 56.7 Å². The van der Waals surface area contributed by atoms with Gasteiger partial charge in [-0.05, 0) is 50.7 Å². The van der Waals surface area contributed by atoms with E-state index in [0.717, 1.165) is 31.7 Å². The van der Waals surface area contributed by atoms with Gasteiger partial charge in [0.05, 0.1) is 5.56 Å². The summed E-state index contributed by atoms with van der Waals surface area (Å²) in [7, 11) is 0. The molecule has 5 heteroatoms. The van der Waals surface area contributed by atoms with E-state index in [1.165, 1.54) is 12.8 Å². The molecule has 1 amide bonds. The molecule has 0 aromatic carbocycles. The molecule has 3 heterocycles. The lowest BCUT2D eigenvalue weighted by atomic mass is 9.93. The molecule has 0 bridgehead atoms. The Bertz CT molecular complexity index is 511. The molecular weight excluding hydrogens is 278 g/mol. The van der Waals surface area contributed by atoms with Crippen LogP contribution in [-0.2, 0) is 0 Å². The maximum atomic E-state index is 12.7. The van der Waals surface area contributed by atoms with Gasteiger partial charge in [-0.3, -0.25) is 4.79 Å². The summed E-state index contributed by atoms with van der Waals surface area (Å²) in [6.45, 7) is 4.99. The number of aliphatic hydroxyl groups excluding tert-OH is 1. The molecule has 0 radical (unpaired) electrons. The Kier molecular flexibility index (Phi) is 4.62. The summed E-state index contributed by atoms with van der Waals surface area (Å²) >= 11 is 0. The third-order valence-corrected chi connectivity index (χ3v) is 4.92. The molecule has 22 heavy (non-hydrogen) atoms. The lowest BCUT2D eigenvalue weighted by Gasteiger charge is -2.37. The highest BCUT2D eigenvalue weighted by Gasteiger charge is 2.29. The lowest BCUT2D eigenvalue weighted by molar-refractivity contribution is 0.0488. The molecule has 2 unspecified atom stereocenters. The first-order valence-corrected chi connectivity index (χ1v) is 8.32. The van der Waals surface area contributed by atoms with E-state index in [1.807, 2.05) is 17.0 Å². The fraction of sp³-hybridized carbons (Fsp3) is 0.647. The summed E-state index contributed by atoms with van der Waals surface area (Å²) < 4.78 is 0. The SMILES string of the molecule is CC1CCC(CO)CN1C(=O)c1ccc(N2CCCC2)nc1. The molecule has 2 aliphatic rings. The number of likely N-dealkylation sites (tertiary alicyclic amines) is 1. The van der Waals surface area contributed by atoms with Crippen LogP contribution in [0, 0.1) is 5.92 Å². The van der Waals surface area contributed by atoms with Gasteiger partial charge in [-0.15, -0.1) is 0 Å². The van der Waals surface area contributed by atoms with Crippen LogP contribution in [-0.4, -0.2) is 53.2 Å². The van der Waals surface area contributed by atoms with Crippen LogP contribution in [0.3, 0.4) is 0 Å². The van der Waals surface area contributed by atoms with E-state index in [9.17, 15) is 9.90 Å². The molecule has 2 aliphatic heterocycles. The molecule has 2 atom stereocenters. The second-order valence-electron chi connectivity index (χ2n) is 6.53. The first-order valence-electron chi connectivity index (χ1n) is 8.32. The predicted octanol–water partition coefficient (Wildman–Crippen LogP) is 1.91. The zero-order valence-electron chi connectivity index (χ0n) is 13.2. The summed E-state index contributed by atoms with van der Waals surface area (Å²) in [5.74, 6) is 1.21. The number of piperidine rings is 1. The van der Waals surface area contributed by atoms with E-state index in [2.05, 4.69) is 16.8 Å². The zero-order chi connectivity index (χ0) is 15.5. The van der Waals surface area contributed by atoms with Gasteiger partial charge in [0, 0.05) is 38.5 Å². The number of aromatic nitrogens is 1. The van der Waals surface area contributed by atoms with Crippen molar-refractivity contribution < 1.29 is 9.90 Å². The molecule has 2 saturated heterocycles. The predicted molar refractivity (Wildman–Crippen MR) is 86.0 cm³/mol. The van der Waals surface area contributed by atoms with Crippen molar-refractivity contribution >= 4 is 11.7 Å². The monoisotopic (exact) mass is 303 g/mol. The van der Waals surface area contributed by atoms with Crippen LogP contribution in [0.1, 0.15) is 43.0 Å². The Morgan fingerprint density at radius 3 is 2.73 bits per heavy atom. The van der Waals surface area contributed by atoms with Gasteiger partial charge in [0.15, 0.2) is 0 Å². The molecule has 1 N–H and O–H groups in total. The summed E-state index contributed by atoms with van der Waals surface area (Å²) in [4.78, 5) is 21.3. The van der Waals surface area contributed by atoms with Gasteiger partial charge in [0.2, 0.25) is 0 Å². The van der Waals surface area contributed by atoms with E-state index in [1.54, 1.807) is 6.20 Å². The largest absolute Gasteiger partial charge is 0.396 e. The number of amides is 1. The molecule has 0 aliphatic carbocycles. The fourth-order valence-electron chi connectivity index (χ4n) is 3.43. The lowest BCUT2D eigenvalue weighted by Crippen LogP contribution is -2.46. The Labute approximate surface area is 131 Å². The van der Waals surface area contributed by atoms with Crippen molar-refractivity contribution in [3.63, 3.8) is 0 Å². The molecule has 120 valence electrons. The van der Waals surface area contributed by atoms with Crippen LogP contribution in [0.4, 0.5) is 5.82 Å². The van der Waals surface area contributed by atoms with Crippen LogP contribution in [0.15, 0.2) is 18.3 Å². The number of carbonyl (C=O) groups excluding carboxylic acids is 1. The molecule has 1 aromatic heterocycles. The van der Waals surface area contributed by atoms with Crippen molar-refractivity contribution in [2.24, 2.45) is 5.92 Å². The van der Waals surface area contributed by atoms with Crippen LogP contribution >= 0.6 is 0 Å². The van der Waals surface area contributed by atoms with E-state index in [4.69, 9.17) is 0 Å². The van der Waals surface area contributed by atoms with E-state index in [-0.39, 0.29) is 24.5 Å². The highest BCUT2D eigenvalue weighted by Crippen LogP contribution is 2.24. The number of pyridine rings is 1. The summed E-state index contributed by atoms with van der Waals surface area (Å²) in [6, 6.07) is 4.07. The van der Waals surface area contributed by atoms with Crippen molar-refractivity contribution in [3.8, 4) is 0 Å². The van der Waals surface area contributed by atoms with Gasteiger partial charge in [-0.2, -0.15) is 0 Å². The van der Waals surface area contributed by atoms with Gasteiger partial charge >= 0.3 is 0 Å². The second kappa shape index (κ2) is 6.65. The smallest absolute Gasteiger partial charge is 0.255 e. The summed E-state index contributed by atoms with van der Waals surface area (Å²) in [5.41, 5.74) is 0.647. The van der Waals surface area contributed by atoms with Gasteiger partial charge in [-0.25, -0.2) is 4.98 Å². The zero-order valence-corrected chi connectivity index (χ0v) is 13.2. The first-order chi connectivity index (χ1) is 10.7. The minimum absolute atomic E-state index is 0.0334. The molecule has 2 fully saturated rings. The highest BCUT2D eigenvalue weighted by atomic mass is 16.3. The van der Waals surface area contributed by atoms with Crippen molar-refractivity contribution in [3.05, 3.63) is 23.9 Å². The highest BCUT2D eigenvalue weighted by molar-refractivity contribution is 5.94. The average molecular weight is 303 g/mol. The number of rotatable bonds is 3. The van der Waals surface area contributed by atoms with Crippen molar-refractivity contribution in [2.45, 2.75) is 38.6 Å². The number of aliphatic hydroxyl groups is 1. The summed E-state index contributed by atoms with van der Waals surface area (Å²) in [6.07, 6.45) is 6.08. The van der Waals surface area contributed by atoms with Gasteiger partial charge in [0.25, 0.3) is 5.91 Å². The van der Waals surface area contributed by atoms with Crippen LogP contribution in [0.5, 0.6) is 0 Å². The normalized spacial score (nSPS) is 25.5. The third-order valence-electron chi connectivity index (χ3n) is 4.92. The average Bonchev–Trinajstić information content (AvgIpc) is 3.09. The Balaban J connectivity index is 1.71. The van der Waals surface area contributed by atoms with Crippen molar-refractivity contribution in [2.75, 3.05) is 31.1 Å². The van der Waals surface area contributed by atoms with E-state index >= 15 is 0 Å². The van der Waals surface area contributed by atoms with Crippen molar-refractivity contribution in [1.29, 1.82) is 0 Å². The maximum absolute atomic E-state index is 12.7. The number of nitrogens with zero attached hydrogens (tertiary/aromatic N) is 3. The number of hydrogen-bond donors (Lipinski definition) is 1. The van der Waals surface area contributed by atoms with E-state index in [0.29, 0.717) is 12.1 Å². The van der Waals surface area contributed by atoms with Crippen molar-refractivity contribution in [1.82, 2.24) is 9.88 Å². The van der Waals surface area contributed by atoms with E-state index < -0.39 is 0 Å². The molecule has 0 saturated carbocycles. The molecule has 0 spiro atoms. The third kappa shape index (κ3) is 3.09. The number of anilines is 1. The fourth-order valence-corrected chi connectivity index (χ4v) is 3.43. The molecule has 3 rings (SSSR count). The van der Waals surface area contributed by atoms with Gasteiger partial charge in [-0.1, -0.05) is 0 Å². The second-order valence-corrected chi connectivity index (χ2v) is 6.53. The van der Waals surface area contributed by atoms with Gasteiger partial charge < -0.3 is 14.9 Å². The molecule has 5 nitrogen and oxygen atoms in total. The molecular formula is C17H25N3O2. The number of hydrogen-bond acceptors (Lipinski definition) is 4. The maximum Gasteiger partial charge on any atom is 0.255 e. The summed E-state index contributed by atoms with van der Waals surface area (Å²) in [5, 5.41) is 9.35. The quantitative estimate of drug-likeness (QED) is 0.927. The Morgan fingerprint density at radius 2 is 2.09 bits per heavy atom. The number of carbonyl (C=O) groups is 1. The van der Waals surface area contributed by atoms with Crippen LogP contribution in [0.25, 0.3) is 0 Å². The first kappa shape index (κ1) is 15.3. The Morgan fingerprint density at radius 1 is 1.32 bits per heavy atom. The van der Waals surface area contributed by atoms with Crippen LogP contribution < -0.4 is 4.90 Å². The van der Waals surface area contributed by atoms with Gasteiger partial charge in [0.1, 0.15) is 5.82 Å². The minimum Gasteiger partial charge on any atom is -0.396 e. The van der Waals surface area contributed by atoms with Crippen LogP contribution in [0.2, 0.25) is 0 Å². The standard InChI is InChI=1S/C17H25N3O2/c1-13-4-5-14(12-21)11-20(13)17(22)15-6-7-16(18-10-15)19-8-2-3-9-19/h6-7,10,13-14,21H,2-5,8-9,11-12H2,1H3. The minimum atomic E-state index is 0.0334. The molecule has 1 aromatic rings. The Hall–Kier alpha value is -1.62.